The second-order valence-electron chi connectivity index (χ2n) is 4.86. The van der Waals surface area contributed by atoms with Crippen molar-refractivity contribution in [3.8, 4) is 0 Å². The van der Waals surface area contributed by atoms with Crippen LogP contribution in [0.3, 0.4) is 0 Å². The Balaban J connectivity index is 1.96. The minimum Gasteiger partial charge on any atom is -0.369 e. The highest BCUT2D eigenvalue weighted by Crippen LogP contribution is 2.21. The Kier molecular flexibility index (Phi) is 3.62. The Hall–Kier alpha value is -0.860. The highest BCUT2D eigenvalue weighted by molar-refractivity contribution is 5.15. The molecule has 0 spiro atoms. The number of nitrogens with one attached hydrogen (secondary N) is 1. The fraction of sp³-hybridized carbons (Fsp3) is 0.571. The molecule has 2 unspecified atom stereocenters. The molecule has 1 fully saturated rings. The van der Waals surface area contributed by atoms with E-state index >= 15 is 0 Å². The van der Waals surface area contributed by atoms with Crippen LogP contribution in [0.25, 0.3) is 0 Å². The summed E-state index contributed by atoms with van der Waals surface area (Å²) in [5.41, 5.74) is 1.37. The molecule has 1 aromatic rings. The number of rotatable bonds is 3. The van der Waals surface area contributed by atoms with Crippen molar-refractivity contribution in [1.29, 1.82) is 0 Å². The molecule has 1 aromatic carbocycles. The summed E-state index contributed by atoms with van der Waals surface area (Å²) in [6.45, 7) is 6.31. The molecule has 2 nitrogen and oxygen atoms in total. The number of ether oxygens (including phenoxy) is 1. The molecule has 2 atom stereocenters. The van der Waals surface area contributed by atoms with Gasteiger partial charge in [-0.15, -0.1) is 0 Å². The lowest BCUT2D eigenvalue weighted by molar-refractivity contribution is -0.106. The van der Waals surface area contributed by atoms with Crippen LogP contribution in [0, 0.1) is 0 Å². The van der Waals surface area contributed by atoms with Gasteiger partial charge in [-0.25, -0.2) is 0 Å². The van der Waals surface area contributed by atoms with E-state index in [1.807, 2.05) is 0 Å². The average molecular weight is 219 g/mol. The summed E-state index contributed by atoms with van der Waals surface area (Å²) in [6.07, 6.45) is 2.37. The van der Waals surface area contributed by atoms with E-state index < -0.39 is 0 Å². The standard InChI is InChI=1S/C14H21NO/c1-3-14(2)11-15-10-13(16-14)9-12-7-5-4-6-8-12/h4-8,13,15H,3,9-11H2,1-2H3. The van der Waals surface area contributed by atoms with Gasteiger partial charge in [-0.2, -0.15) is 0 Å². The molecule has 0 bridgehead atoms. The van der Waals surface area contributed by atoms with Gasteiger partial charge in [-0.1, -0.05) is 37.3 Å². The molecule has 1 aliphatic rings. The lowest BCUT2D eigenvalue weighted by Crippen LogP contribution is -2.52. The summed E-state index contributed by atoms with van der Waals surface area (Å²) in [7, 11) is 0. The monoisotopic (exact) mass is 219 g/mol. The molecule has 2 rings (SSSR count). The van der Waals surface area contributed by atoms with Gasteiger partial charge in [0.25, 0.3) is 0 Å². The van der Waals surface area contributed by atoms with Crippen LogP contribution in [-0.2, 0) is 11.2 Å². The van der Waals surface area contributed by atoms with Crippen LogP contribution in [0.15, 0.2) is 30.3 Å². The SMILES string of the molecule is CCC1(C)CNCC(Cc2ccccc2)O1. The smallest absolute Gasteiger partial charge is 0.0780 e. The first-order chi connectivity index (χ1) is 7.72. The molecule has 0 radical (unpaired) electrons. The summed E-state index contributed by atoms with van der Waals surface area (Å²) in [5, 5.41) is 3.47. The van der Waals surface area contributed by atoms with Crippen molar-refractivity contribution in [2.75, 3.05) is 13.1 Å². The quantitative estimate of drug-likeness (QED) is 0.843. The largest absolute Gasteiger partial charge is 0.369 e. The molecular weight excluding hydrogens is 198 g/mol. The summed E-state index contributed by atoms with van der Waals surface area (Å²) in [4.78, 5) is 0. The van der Waals surface area contributed by atoms with E-state index in [0.29, 0.717) is 6.10 Å². The maximum atomic E-state index is 6.16. The van der Waals surface area contributed by atoms with Gasteiger partial charge in [-0.05, 0) is 25.3 Å². The molecule has 16 heavy (non-hydrogen) atoms. The first-order valence-corrected chi connectivity index (χ1v) is 6.14. The zero-order valence-electron chi connectivity index (χ0n) is 10.2. The van der Waals surface area contributed by atoms with Crippen LogP contribution in [0.4, 0.5) is 0 Å². The third-order valence-corrected chi connectivity index (χ3v) is 3.38. The molecule has 0 aromatic heterocycles. The van der Waals surface area contributed by atoms with Gasteiger partial charge in [-0.3, -0.25) is 0 Å². The van der Waals surface area contributed by atoms with Crippen molar-refractivity contribution in [3.05, 3.63) is 35.9 Å². The molecule has 1 saturated heterocycles. The zero-order valence-corrected chi connectivity index (χ0v) is 10.2. The molecule has 1 heterocycles. The highest BCUT2D eigenvalue weighted by atomic mass is 16.5. The van der Waals surface area contributed by atoms with Gasteiger partial charge in [0, 0.05) is 13.1 Å². The van der Waals surface area contributed by atoms with Gasteiger partial charge in [0.1, 0.15) is 0 Å². The maximum Gasteiger partial charge on any atom is 0.0780 e. The average Bonchev–Trinajstić information content (AvgIpc) is 2.30. The van der Waals surface area contributed by atoms with Crippen molar-refractivity contribution >= 4 is 0 Å². The Morgan fingerprint density at radius 3 is 2.81 bits per heavy atom. The molecule has 1 aliphatic heterocycles. The number of hydrogen-bond acceptors (Lipinski definition) is 2. The third-order valence-electron chi connectivity index (χ3n) is 3.38. The molecule has 0 saturated carbocycles. The minimum atomic E-state index is 0.0116. The Labute approximate surface area is 98.0 Å². The first-order valence-electron chi connectivity index (χ1n) is 6.14. The zero-order chi connectivity index (χ0) is 11.4. The van der Waals surface area contributed by atoms with E-state index in [9.17, 15) is 0 Å². The highest BCUT2D eigenvalue weighted by Gasteiger charge is 2.30. The predicted molar refractivity (Wildman–Crippen MR) is 66.6 cm³/mol. The van der Waals surface area contributed by atoms with Crippen molar-refractivity contribution < 1.29 is 4.74 Å². The van der Waals surface area contributed by atoms with Gasteiger partial charge in [0.05, 0.1) is 11.7 Å². The summed E-state index contributed by atoms with van der Waals surface area (Å²) in [6, 6.07) is 10.6. The van der Waals surface area contributed by atoms with Crippen LogP contribution in [0.5, 0.6) is 0 Å². The summed E-state index contributed by atoms with van der Waals surface area (Å²) < 4.78 is 6.16. The molecule has 0 amide bonds. The van der Waals surface area contributed by atoms with Crippen molar-refractivity contribution in [2.24, 2.45) is 0 Å². The Morgan fingerprint density at radius 2 is 2.12 bits per heavy atom. The second-order valence-corrected chi connectivity index (χ2v) is 4.86. The molecule has 2 heteroatoms. The first kappa shape index (κ1) is 11.6. The molecular formula is C14H21NO. The van der Waals surface area contributed by atoms with Crippen LogP contribution in [0.2, 0.25) is 0 Å². The van der Waals surface area contributed by atoms with E-state index in [1.54, 1.807) is 0 Å². The summed E-state index contributed by atoms with van der Waals surface area (Å²) in [5.74, 6) is 0. The van der Waals surface area contributed by atoms with Gasteiger partial charge in [0.2, 0.25) is 0 Å². The minimum absolute atomic E-state index is 0.0116. The van der Waals surface area contributed by atoms with Gasteiger partial charge < -0.3 is 10.1 Å². The van der Waals surface area contributed by atoms with Gasteiger partial charge in [0.15, 0.2) is 0 Å². The lowest BCUT2D eigenvalue weighted by atomic mass is 9.99. The fourth-order valence-corrected chi connectivity index (χ4v) is 2.18. The van der Waals surface area contributed by atoms with Crippen molar-refractivity contribution in [1.82, 2.24) is 5.32 Å². The van der Waals surface area contributed by atoms with Crippen LogP contribution in [-0.4, -0.2) is 24.8 Å². The predicted octanol–water partition coefficient (Wildman–Crippen LogP) is 2.39. The normalized spacial score (nSPS) is 30.2. The number of morpholine rings is 1. The Bertz CT molecular complexity index is 325. The maximum absolute atomic E-state index is 6.16. The van der Waals surface area contributed by atoms with Crippen LogP contribution >= 0.6 is 0 Å². The molecule has 88 valence electrons. The van der Waals surface area contributed by atoms with Gasteiger partial charge >= 0.3 is 0 Å². The van der Waals surface area contributed by atoms with Crippen LogP contribution < -0.4 is 5.32 Å². The lowest BCUT2D eigenvalue weighted by Gasteiger charge is -2.38. The van der Waals surface area contributed by atoms with E-state index in [4.69, 9.17) is 4.74 Å². The molecule has 0 aliphatic carbocycles. The van der Waals surface area contributed by atoms with Crippen LogP contribution in [0.1, 0.15) is 25.8 Å². The van der Waals surface area contributed by atoms with Crippen molar-refractivity contribution in [2.45, 2.75) is 38.4 Å². The second kappa shape index (κ2) is 4.98. The van der Waals surface area contributed by atoms with E-state index in [-0.39, 0.29) is 5.60 Å². The third kappa shape index (κ3) is 2.83. The van der Waals surface area contributed by atoms with E-state index in [0.717, 1.165) is 25.9 Å². The number of hydrogen-bond donors (Lipinski definition) is 1. The molecule has 1 N–H and O–H groups in total. The topological polar surface area (TPSA) is 21.3 Å². The van der Waals surface area contributed by atoms with E-state index in [1.165, 1.54) is 5.56 Å². The fourth-order valence-electron chi connectivity index (χ4n) is 2.18. The van der Waals surface area contributed by atoms with Crippen molar-refractivity contribution in [3.63, 3.8) is 0 Å². The summed E-state index contributed by atoms with van der Waals surface area (Å²) >= 11 is 0. The number of benzene rings is 1. The Morgan fingerprint density at radius 1 is 1.38 bits per heavy atom. The van der Waals surface area contributed by atoms with E-state index in [2.05, 4.69) is 49.5 Å².